The lowest BCUT2D eigenvalue weighted by molar-refractivity contribution is 0.102. The second kappa shape index (κ2) is 8.20. The van der Waals surface area contributed by atoms with Crippen LogP contribution in [0, 0.1) is 6.92 Å². The summed E-state index contributed by atoms with van der Waals surface area (Å²) < 4.78 is 0. The average Bonchev–Trinajstić information content (AvgIpc) is 3.13. The average molecular weight is 424 g/mol. The number of anilines is 2. The van der Waals surface area contributed by atoms with Gasteiger partial charge in [0.05, 0.1) is 16.1 Å². The van der Waals surface area contributed by atoms with Crippen molar-refractivity contribution in [3.63, 3.8) is 0 Å². The van der Waals surface area contributed by atoms with Gasteiger partial charge in [0, 0.05) is 23.3 Å². The SMILES string of the molecule is Cc1cnc(C2(NC(=O)Nc3ccc(Cl)c(C(=O)Nc4ccccc4)c3)CCC2)[nH]1. The number of aromatic amines is 1. The number of urea groups is 1. The number of H-pyrrole nitrogens is 1. The van der Waals surface area contributed by atoms with Gasteiger partial charge in [-0.2, -0.15) is 0 Å². The number of hydrogen-bond donors (Lipinski definition) is 4. The molecular weight excluding hydrogens is 402 g/mol. The number of para-hydroxylation sites is 1. The van der Waals surface area contributed by atoms with Crippen molar-refractivity contribution in [2.24, 2.45) is 0 Å². The Balaban J connectivity index is 1.46. The molecule has 4 rings (SSSR count). The molecular formula is C22H22ClN5O2. The van der Waals surface area contributed by atoms with Crippen molar-refractivity contribution in [1.29, 1.82) is 0 Å². The number of aryl methyl sites for hydroxylation is 1. The van der Waals surface area contributed by atoms with Gasteiger partial charge in [0.15, 0.2) is 0 Å². The fourth-order valence-electron chi connectivity index (χ4n) is 3.48. The van der Waals surface area contributed by atoms with Crippen LogP contribution in [0.1, 0.15) is 41.1 Å². The minimum absolute atomic E-state index is 0.276. The third-order valence-corrected chi connectivity index (χ3v) is 5.55. The molecule has 3 amide bonds. The summed E-state index contributed by atoms with van der Waals surface area (Å²) in [5, 5.41) is 8.93. The zero-order valence-corrected chi connectivity index (χ0v) is 17.2. The molecule has 0 unspecified atom stereocenters. The van der Waals surface area contributed by atoms with Crippen molar-refractivity contribution in [3.8, 4) is 0 Å². The number of nitrogens with one attached hydrogen (secondary N) is 4. The summed E-state index contributed by atoms with van der Waals surface area (Å²) in [4.78, 5) is 32.9. The van der Waals surface area contributed by atoms with Crippen LogP contribution in [0.4, 0.5) is 16.2 Å². The van der Waals surface area contributed by atoms with Crippen LogP contribution < -0.4 is 16.0 Å². The standard InChI is InChI=1S/C22H22ClN5O2/c1-14-13-24-20(25-14)22(10-5-11-22)28-21(30)27-16-8-9-18(23)17(12-16)19(29)26-15-6-3-2-4-7-15/h2-4,6-9,12-13H,5,10-11H2,1H3,(H,24,25)(H,26,29)(H2,27,28,30). The van der Waals surface area contributed by atoms with Gasteiger partial charge in [-0.05, 0) is 56.5 Å². The first-order chi connectivity index (χ1) is 14.4. The molecule has 1 saturated carbocycles. The van der Waals surface area contributed by atoms with Crippen LogP contribution >= 0.6 is 11.6 Å². The molecule has 7 nitrogen and oxygen atoms in total. The van der Waals surface area contributed by atoms with Crippen LogP contribution in [0.3, 0.4) is 0 Å². The molecule has 1 aromatic heterocycles. The monoisotopic (exact) mass is 423 g/mol. The molecule has 0 spiro atoms. The summed E-state index contributed by atoms with van der Waals surface area (Å²) in [6.45, 7) is 1.93. The first-order valence-corrected chi connectivity index (χ1v) is 10.1. The van der Waals surface area contributed by atoms with Crippen molar-refractivity contribution in [3.05, 3.63) is 76.8 Å². The van der Waals surface area contributed by atoms with Crippen molar-refractivity contribution in [2.75, 3.05) is 10.6 Å². The summed E-state index contributed by atoms with van der Waals surface area (Å²) in [5.41, 5.74) is 1.87. The highest BCUT2D eigenvalue weighted by molar-refractivity contribution is 6.34. The molecule has 1 fully saturated rings. The van der Waals surface area contributed by atoms with E-state index >= 15 is 0 Å². The highest BCUT2D eigenvalue weighted by Gasteiger charge is 2.42. The van der Waals surface area contributed by atoms with Gasteiger partial charge in [-0.1, -0.05) is 29.8 Å². The van der Waals surface area contributed by atoms with Gasteiger partial charge in [-0.15, -0.1) is 0 Å². The van der Waals surface area contributed by atoms with E-state index in [0.29, 0.717) is 16.4 Å². The van der Waals surface area contributed by atoms with Gasteiger partial charge in [-0.25, -0.2) is 9.78 Å². The van der Waals surface area contributed by atoms with Crippen molar-refractivity contribution in [2.45, 2.75) is 31.7 Å². The number of aromatic nitrogens is 2. The molecule has 8 heteroatoms. The van der Waals surface area contributed by atoms with E-state index in [4.69, 9.17) is 11.6 Å². The Labute approximate surface area is 179 Å². The molecule has 0 bridgehead atoms. The predicted octanol–water partition coefficient (Wildman–Crippen LogP) is 4.82. The maximum absolute atomic E-state index is 12.7. The Morgan fingerprint density at radius 2 is 1.83 bits per heavy atom. The minimum atomic E-state index is -0.488. The highest BCUT2D eigenvalue weighted by atomic mass is 35.5. The number of carbonyl (C=O) groups excluding carboxylic acids is 2. The third kappa shape index (κ3) is 4.16. The number of rotatable bonds is 5. The first-order valence-electron chi connectivity index (χ1n) is 9.72. The number of benzene rings is 2. The van der Waals surface area contributed by atoms with Crippen LogP contribution in [0.5, 0.6) is 0 Å². The highest BCUT2D eigenvalue weighted by Crippen LogP contribution is 2.39. The third-order valence-electron chi connectivity index (χ3n) is 5.22. The van der Waals surface area contributed by atoms with Gasteiger partial charge >= 0.3 is 6.03 Å². The second-order valence-electron chi connectivity index (χ2n) is 7.44. The number of amides is 3. The Kier molecular flexibility index (Phi) is 5.46. The van der Waals surface area contributed by atoms with Gasteiger partial charge in [0.2, 0.25) is 0 Å². The largest absolute Gasteiger partial charge is 0.344 e. The molecule has 1 heterocycles. The molecule has 2 aromatic carbocycles. The summed E-state index contributed by atoms with van der Waals surface area (Å²) in [6.07, 6.45) is 4.41. The number of halogens is 1. The van der Waals surface area contributed by atoms with E-state index in [1.54, 1.807) is 36.5 Å². The molecule has 0 radical (unpaired) electrons. The van der Waals surface area contributed by atoms with Crippen molar-refractivity contribution in [1.82, 2.24) is 15.3 Å². The summed E-state index contributed by atoms with van der Waals surface area (Å²) >= 11 is 6.21. The smallest absolute Gasteiger partial charge is 0.320 e. The molecule has 154 valence electrons. The molecule has 30 heavy (non-hydrogen) atoms. The van der Waals surface area contributed by atoms with Crippen LogP contribution in [-0.4, -0.2) is 21.9 Å². The zero-order valence-electron chi connectivity index (χ0n) is 16.5. The van der Waals surface area contributed by atoms with Gasteiger partial charge < -0.3 is 20.9 Å². The summed E-state index contributed by atoms with van der Waals surface area (Å²) in [5.74, 6) is 0.414. The topological polar surface area (TPSA) is 98.9 Å². The van der Waals surface area contributed by atoms with Crippen LogP contribution in [-0.2, 0) is 5.54 Å². The van der Waals surface area contributed by atoms with E-state index in [2.05, 4.69) is 25.9 Å². The molecule has 1 aliphatic carbocycles. The van der Waals surface area contributed by atoms with Crippen LogP contribution in [0.25, 0.3) is 0 Å². The molecule has 0 saturated heterocycles. The molecule has 1 aliphatic rings. The van der Waals surface area contributed by atoms with E-state index in [0.717, 1.165) is 30.8 Å². The van der Waals surface area contributed by atoms with Gasteiger partial charge in [-0.3, -0.25) is 4.79 Å². The Morgan fingerprint density at radius 3 is 2.47 bits per heavy atom. The Bertz CT molecular complexity index is 1080. The summed E-state index contributed by atoms with van der Waals surface area (Å²) in [6, 6.07) is 13.5. The van der Waals surface area contributed by atoms with E-state index in [-0.39, 0.29) is 17.5 Å². The summed E-state index contributed by atoms with van der Waals surface area (Å²) in [7, 11) is 0. The number of nitrogens with zero attached hydrogens (tertiary/aromatic N) is 1. The lowest BCUT2D eigenvalue weighted by Crippen LogP contribution is -2.52. The molecule has 3 aromatic rings. The van der Waals surface area contributed by atoms with E-state index < -0.39 is 5.54 Å². The minimum Gasteiger partial charge on any atom is -0.344 e. The fraction of sp³-hybridized carbons (Fsp3) is 0.227. The van der Waals surface area contributed by atoms with Crippen LogP contribution in [0.2, 0.25) is 5.02 Å². The number of imidazole rings is 1. The Morgan fingerprint density at radius 1 is 1.07 bits per heavy atom. The quantitative estimate of drug-likeness (QED) is 0.473. The lowest BCUT2D eigenvalue weighted by atomic mass is 9.76. The fourth-order valence-corrected chi connectivity index (χ4v) is 3.69. The second-order valence-corrected chi connectivity index (χ2v) is 7.85. The van der Waals surface area contributed by atoms with Crippen LogP contribution in [0.15, 0.2) is 54.7 Å². The number of hydrogen-bond acceptors (Lipinski definition) is 3. The number of carbonyl (C=O) groups is 2. The van der Waals surface area contributed by atoms with Crippen molar-refractivity contribution >= 4 is 34.9 Å². The first kappa shape index (κ1) is 20.0. The maximum atomic E-state index is 12.7. The van der Waals surface area contributed by atoms with E-state index in [9.17, 15) is 9.59 Å². The lowest BCUT2D eigenvalue weighted by Gasteiger charge is -2.40. The zero-order chi connectivity index (χ0) is 21.1. The van der Waals surface area contributed by atoms with Gasteiger partial charge in [0.25, 0.3) is 5.91 Å². The van der Waals surface area contributed by atoms with E-state index in [1.807, 2.05) is 25.1 Å². The molecule has 4 N–H and O–H groups in total. The maximum Gasteiger partial charge on any atom is 0.320 e. The molecule has 0 aliphatic heterocycles. The molecule has 0 atom stereocenters. The van der Waals surface area contributed by atoms with E-state index in [1.165, 1.54) is 0 Å². The van der Waals surface area contributed by atoms with Gasteiger partial charge in [0.1, 0.15) is 5.82 Å². The van der Waals surface area contributed by atoms with Crippen molar-refractivity contribution < 1.29 is 9.59 Å². The predicted molar refractivity (Wildman–Crippen MR) is 117 cm³/mol. The Hall–Kier alpha value is -3.32. The normalized spacial score (nSPS) is 14.5.